The van der Waals surface area contributed by atoms with Crippen LogP contribution in [0.25, 0.3) is 0 Å². The predicted molar refractivity (Wildman–Crippen MR) is 92.4 cm³/mol. The van der Waals surface area contributed by atoms with Gasteiger partial charge in [0.15, 0.2) is 0 Å². The minimum Gasteiger partial charge on any atom is -0.480 e. The Labute approximate surface area is 145 Å². The molecule has 0 spiro atoms. The molecule has 0 saturated carbocycles. The number of likely N-dealkylation sites (N-methyl/N-ethyl adjacent to an activating group) is 2. The molecule has 2 atom stereocenters. The molecule has 0 bridgehead atoms. The van der Waals surface area contributed by atoms with Crippen LogP contribution in [-0.4, -0.2) is 97.6 Å². The van der Waals surface area contributed by atoms with Crippen molar-refractivity contribution in [2.45, 2.75) is 39.8 Å². The molecule has 8 heteroatoms. The second-order valence-electron chi connectivity index (χ2n) is 5.06. The zero-order valence-electron chi connectivity index (χ0n) is 15.8. The van der Waals surface area contributed by atoms with Crippen LogP contribution in [0, 0.1) is 0 Å². The number of hydrogen-bond acceptors (Lipinski definition) is 6. The lowest BCUT2D eigenvalue weighted by Crippen LogP contribution is -2.43. The molecule has 24 heavy (non-hydrogen) atoms. The number of carboxylic acids is 2. The van der Waals surface area contributed by atoms with Gasteiger partial charge >= 0.3 is 11.9 Å². The van der Waals surface area contributed by atoms with Gasteiger partial charge in [0.25, 0.3) is 0 Å². The van der Waals surface area contributed by atoms with Crippen LogP contribution in [0.1, 0.15) is 27.7 Å². The average Bonchev–Trinajstić information content (AvgIpc) is 2.55. The summed E-state index contributed by atoms with van der Waals surface area (Å²) >= 11 is 0. The van der Waals surface area contributed by atoms with E-state index >= 15 is 0 Å². The predicted octanol–water partition coefficient (Wildman–Crippen LogP) is 0.856. The fourth-order valence-corrected chi connectivity index (χ4v) is 2.31. The van der Waals surface area contributed by atoms with Crippen LogP contribution in [0.15, 0.2) is 0 Å². The second-order valence-corrected chi connectivity index (χ2v) is 5.06. The van der Waals surface area contributed by atoms with Crippen LogP contribution in [0.2, 0.25) is 0 Å². The fourth-order valence-electron chi connectivity index (χ4n) is 2.31. The Bertz CT molecular complexity index is 301. The van der Waals surface area contributed by atoms with Crippen molar-refractivity contribution < 1.29 is 29.3 Å². The summed E-state index contributed by atoms with van der Waals surface area (Å²) in [5, 5.41) is 17.6. The molecular formula is C16H34N2O6. The SMILES string of the molecule is CCN(CC)[C@H](COC)C(=O)O.CCN(CC)[C@H](COC)C(=O)O. The molecule has 0 heterocycles. The first-order valence-corrected chi connectivity index (χ1v) is 8.25. The van der Waals surface area contributed by atoms with Gasteiger partial charge in [0.05, 0.1) is 13.2 Å². The van der Waals surface area contributed by atoms with Gasteiger partial charge in [-0.3, -0.25) is 19.4 Å². The van der Waals surface area contributed by atoms with E-state index in [9.17, 15) is 9.59 Å². The first kappa shape index (κ1) is 25.0. The van der Waals surface area contributed by atoms with Gasteiger partial charge in [0, 0.05) is 14.2 Å². The van der Waals surface area contributed by atoms with Crippen LogP contribution in [0.5, 0.6) is 0 Å². The number of hydrogen-bond donors (Lipinski definition) is 2. The zero-order valence-corrected chi connectivity index (χ0v) is 15.8. The molecule has 0 aliphatic heterocycles. The lowest BCUT2D eigenvalue weighted by Gasteiger charge is -2.25. The Hall–Kier alpha value is -1.22. The van der Waals surface area contributed by atoms with Gasteiger partial charge in [0.1, 0.15) is 12.1 Å². The van der Waals surface area contributed by atoms with E-state index in [1.807, 2.05) is 37.5 Å². The highest BCUT2D eigenvalue weighted by molar-refractivity contribution is 5.74. The number of ether oxygens (including phenoxy) is 2. The summed E-state index contributed by atoms with van der Waals surface area (Å²) in [6.45, 7) is 11.2. The summed E-state index contributed by atoms with van der Waals surface area (Å²) in [6, 6.07) is -1.02. The normalized spacial score (nSPS) is 13.3. The molecule has 0 unspecified atom stereocenters. The summed E-state index contributed by atoms with van der Waals surface area (Å²) < 4.78 is 9.65. The highest BCUT2D eigenvalue weighted by Crippen LogP contribution is 2.00. The number of carboxylic acid groups (broad SMARTS) is 2. The molecule has 0 saturated heterocycles. The van der Waals surface area contributed by atoms with Gasteiger partial charge in [-0.1, -0.05) is 27.7 Å². The van der Waals surface area contributed by atoms with Crippen LogP contribution in [0.3, 0.4) is 0 Å². The largest absolute Gasteiger partial charge is 0.480 e. The Morgan fingerprint density at radius 2 is 1.00 bits per heavy atom. The minimum atomic E-state index is -0.819. The molecule has 0 aliphatic carbocycles. The Kier molecular flexibility index (Phi) is 16.0. The molecule has 0 radical (unpaired) electrons. The first-order valence-electron chi connectivity index (χ1n) is 8.25. The monoisotopic (exact) mass is 350 g/mol. The van der Waals surface area contributed by atoms with Crippen molar-refractivity contribution in [1.82, 2.24) is 9.80 Å². The third kappa shape index (κ3) is 9.82. The van der Waals surface area contributed by atoms with Gasteiger partial charge in [-0.05, 0) is 26.2 Å². The van der Waals surface area contributed by atoms with Crippen molar-refractivity contribution in [2.75, 3.05) is 53.6 Å². The van der Waals surface area contributed by atoms with Crippen molar-refractivity contribution >= 4 is 11.9 Å². The topological polar surface area (TPSA) is 99.5 Å². The molecule has 0 aromatic carbocycles. The Morgan fingerprint density at radius 3 is 1.12 bits per heavy atom. The number of carbonyl (C=O) groups is 2. The number of nitrogens with zero attached hydrogens (tertiary/aromatic N) is 2. The van der Waals surface area contributed by atoms with Crippen LogP contribution >= 0.6 is 0 Å². The highest BCUT2D eigenvalue weighted by atomic mass is 16.5. The molecular weight excluding hydrogens is 316 g/mol. The summed E-state index contributed by atoms with van der Waals surface area (Å²) in [4.78, 5) is 25.2. The minimum absolute atomic E-state index is 0.247. The molecule has 8 nitrogen and oxygen atoms in total. The average molecular weight is 350 g/mol. The zero-order chi connectivity index (χ0) is 19.1. The van der Waals surface area contributed by atoms with Gasteiger partial charge in [0.2, 0.25) is 0 Å². The molecule has 0 aromatic heterocycles. The third-order valence-electron chi connectivity index (χ3n) is 3.73. The standard InChI is InChI=1S/2C8H17NO3/c2*1-4-9(5-2)7(6-12-3)8(10)11/h2*7H,4-6H2,1-3H3,(H,10,11)/t2*7-/m11/s1. The van der Waals surface area contributed by atoms with E-state index in [2.05, 4.69) is 0 Å². The third-order valence-corrected chi connectivity index (χ3v) is 3.73. The van der Waals surface area contributed by atoms with E-state index in [0.717, 1.165) is 26.2 Å². The van der Waals surface area contributed by atoms with E-state index in [1.165, 1.54) is 14.2 Å². The second kappa shape index (κ2) is 15.3. The summed E-state index contributed by atoms with van der Waals surface area (Å²) in [7, 11) is 3.03. The lowest BCUT2D eigenvalue weighted by molar-refractivity contribution is -0.146. The number of methoxy groups -OCH3 is 2. The maximum absolute atomic E-state index is 10.7. The van der Waals surface area contributed by atoms with Gasteiger partial charge in [-0.25, -0.2) is 0 Å². The van der Waals surface area contributed by atoms with Crippen molar-refractivity contribution in [1.29, 1.82) is 0 Å². The summed E-state index contributed by atoms with van der Waals surface area (Å²) in [5.74, 6) is -1.64. The lowest BCUT2D eigenvalue weighted by atomic mass is 10.2. The Balaban J connectivity index is 0. The van der Waals surface area contributed by atoms with Crippen LogP contribution in [0.4, 0.5) is 0 Å². The maximum atomic E-state index is 10.7. The fraction of sp³-hybridized carbons (Fsp3) is 0.875. The molecule has 0 rings (SSSR count). The van der Waals surface area contributed by atoms with E-state index in [1.54, 1.807) is 0 Å². The van der Waals surface area contributed by atoms with Crippen molar-refractivity contribution in [2.24, 2.45) is 0 Å². The van der Waals surface area contributed by atoms with Crippen molar-refractivity contribution in [3.63, 3.8) is 0 Å². The van der Waals surface area contributed by atoms with Crippen molar-refractivity contribution in [3.8, 4) is 0 Å². The van der Waals surface area contributed by atoms with Crippen LogP contribution < -0.4 is 0 Å². The van der Waals surface area contributed by atoms with Gasteiger partial charge in [-0.15, -0.1) is 0 Å². The summed E-state index contributed by atoms with van der Waals surface area (Å²) in [5.41, 5.74) is 0. The van der Waals surface area contributed by atoms with E-state index in [4.69, 9.17) is 19.7 Å². The van der Waals surface area contributed by atoms with Gasteiger partial charge < -0.3 is 19.7 Å². The first-order chi connectivity index (χ1) is 11.3. The molecule has 0 amide bonds. The molecule has 2 N–H and O–H groups in total. The van der Waals surface area contributed by atoms with E-state index in [-0.39, 0.29) is 13.2 Å². The molecule has 0 aromatic rings. The smallest absolute Gasteiger partial charge is 0.323 e. The number of aliphatic carboxylic acids is 2. The summed E-state index contributed by atoms with van der Waals surface area (Å²) in [6.07, 6.45) is 0. The van der Waals surface area contributed by atoms with Crippen molar-refractivity contribution in [3.05, 3.63) is 0 Å². The molecule has 0 aliphatic rings. The van der Waals surface area contributed by atoms with Crippen LogP contribution in [-0.2, 0) is 19.1 Å². The quantitative estimate of drug-likeness (QED) is 0.534. The maximum Gasteiger partial charge on any atom is 0.323 e. The van der Waals surface area contributed by atoms with Gasteiger partial charge in [-0.2, -0.15) is 0 Å². The molecule has 0 fully saturated rings. The Morgan fingerprint density at radius 1 is 0.750 bits per heavy atom. The number of rotatable bonds is 12. The molecule has 144 valence electrons. The van der Waals surface area contributed by atoms with E-state index in [0.29, 0.717) is 0 Å². The highest BCUT2D eigenvalue weighted by Gasteiger charge is 2.23. The van der Waals surface area contributed by atoms with E-state index < -0.39 is 24.0 Å².